The van der Waals surface area contributed by atoms with Gasteiger partial charge in [-0.05, 0) is 40.2 Å². The zero-order valence-corrected chi connectivity index (χ0v) is 15.6. The van der Waals surface area contributed by atoms with Crippen molar-refractivity contribution in [3.63, 3.8) is 0 Å². The number of rotatable bonds is 3. The summed E-state index contributed by atoms with van der Waals surface area (Å²) < 4.78 is 0. The number of hydrogen-bond acceptors (Lipinski definition) is 2. The average molecular weight is 344 g/mol. The normalized spacial score (nSPS) is 29.6. The smallest absolute Gasteiger partial charge is 0.319 e. The van der Waals surface area contributed by atoms with Crippen LogP contribution in [0.5, 0.6) is 0 Å². The molecule has 0 spiro atoms. The summed E-state index contributed by atoms with van der Waals surface area (Å²) in [7, 11) is 0. The van der Waals surface area contributed by atoms with E-state index in [0.29, 0.717) is 0 Å². The van der Waals surface area contributed by atoms with Gasteiger partial charge in [-0.1, -0.05) is 30.3 Å². The summed E-state index contributed by atoms with van der Waals surface area (Å²) in [5, 5.41) is 6.19. The van der Waals surface area contributed by atoms with Crippen LogP contribution in [0, 0.1) is 5.92 Å². The van der Waals surface area contributed by atoms with Crippen LogP contribution in [0.15, 0.2) is 30.3 Å². The number of nitrogens with zero attached hydrogens (tertiary/aromatic N) is 2. The standard InChI is InChI=1S/C19H28N4O2/c1-11(2)22-16(14-9-7-6-8-10-14)15-13(5)20-18(24)23(12(3)4)17(15)21-19(22)25/h6-13,15-17H,1-5H3,(H,20,24)(H,21,25)/t13-,15-,16+,17+/m0/s1. The van der Waals surface area contributed by atoms with E-state index in [9.17, 15) is 9.59 Å². The van der Waals surface area contributed by atoms with Crippen molar-refractivity contribution >= 4 is 12.1 Å². The number of fused-ring (bicyclic) bond motifs is 1. The highest BCUT2D eigenvalue weighted by Gasteiger charge is 2.52. The van der Waals surface area contributed by atoms with Crippen LogP contribution in [-0.4, -0.2) is 46.2 Å². The van der Waals surface area contributed by atoms with Gasteiger partial charge in [0.2, 0.25) is 0 Å². The zero-order valence-electron chi connectivity index (χ0n) is 15.6. The molecule has 1 aromatic carbocycles. The molecule has 6 heteroatoms. The van der Waals surface area contributed by atoms with Crippen molar-refractivity contribution in [3.8, 4) is 0 Å². The van der Waals surface area contributed by atoms with Gasteiger partial charge in [0.05, 0.1) is 6.04 Å². The lowest BCUT2D eigenvalue weighted by Crippen LogP contribution is -2.74. The maximum absolute atomic E-state index is 12.9. The number of hydrogen-bond donors (Lipinski definition) is 2. The van der Waals surface area contributed by atoms with Gasteiger partial charge in [0.1, 0.15) is 6.17 Å². The minimum Gasteiger partial charge on any atom is -0.335 e. The van der Waals surface area contributed by atoms with Crippen molar-refractivity contribution in [2.24, 2.45) is 5.92 Å². The number of carbonyl (C=O) groups is 2. The Labute approximate surface area is 149 Å². The molecule has 2 aliphatic rings. The molecule has 2 heterocycles. The predicted molar refractivity (Wildman–Crippen MR) is 96.9 cm³/mol. The van der Waals surface area contributed by atoms with Gasteiger partial charge in [0.15, 0.2) is 0 Å². The van der Waals surface area contributed by atoms with Crippen LogP contribution in [0.4, 0.5) is 9.59 Å². The summed E-state index contributed by atoms with van der Waals surface area (Å²) in [5.74, 6) is 0.0580. The molecule has 0 aromatic heterocycles. The molecule has 0 aliphatic carbocycles. The first kappa shape index (κ1) is 17.6. The van der Waals surface area contributed by atoms with Crippen molar-refractivity contribution in [2.45, 2.75) is 65.0 Å². The van der Waals surface area contributed by atoms with Gasteiger partial charge in [-0.15, -0.1) is 0 Å². The predicted octanol–water partition coefficient (Wildman–Crippen LogP) is 2.93. The molecule has 2 aliphatic heterocycles. The van der Waals surface area contributed by atoms with Gasteiger partial charge < -0.3 is 20.4 Å². The largest absolute Gasteiger partial charge is 0.335 e. The summed E-state index contributed by atoms with van der Waals surface area (Å²) in [6, 6.07) is 9.82. The summed E-state index contributed by atoms with van der Waals surface area (Å²) in [6.07, 6.45) is -0.309. The third kappa shape index (κ3) is 2.94. The Morgan fingerprint density at radius 2 is 1.44 bits per heavy atom. The number of amides is 4. The second kappa shape index (κ2) is 6.58. The minimum atomic E-state index is -0.309. The molecule has 4 amide bonds. The molecular weight excluding hydrogens is 316 g/mol. The fourth-order valence-electron chi connectivity index (χ4n) is 4.22. The second-order valence-electron chi connectivity index (χ2n) is 7.57. The van der Waals surface area contributed by atoms with Crippen LogP contribution < -0.4 is 10.6 Å². The molecule has 0 radical (unpaired) electrons. The van der Waals surface area contributed by atoms with Gasteiger partial charge in [-0.3, -0.25) is 0 Å². The van der Waals surface area contributed by atoms with Crippen molar-refractivity contribution in [1.82, 2.24) is 20.4 Å². The van der Waals surface area contributed by atoms with Crippen LogP contribution in [0.3, 0.4) is 0 Å². The number of urea groups is 2. The van der Waals surface area contributed by atoms with Gasteiger partial charge >= 0.3 is 12.1 Å². The Bertz CT molecular complexity index is 646. The lowest BCUT2D eigenvalue weighted by molar-refractivity contribution is -0.0116. The van der Waals surface area contributed by atoms with E-state index in [1.165, 1.54) is 0 Å². The van der Waals surface area contributed by atoms with Gasteiger partial charge in [-0.25, -0.2) is 9.59 Å². The second-order valence-corrected chi connectivity index (χ2v) is 7.57. The topological polar surface area (TPSA) is 64.7 Å². The van der Waals surface area contributed by atoms with Gasteiger partial charge in [-0.2, -0.15) is 0 Å². The van der Waals surface area contributed by atoms with E-state index in [0.717, 1.165) is 5.56 Å². The molecule has 0 unspecified atom stereocenters. The summed E-state index contributed by atoms with van der Waals surface area (Å²) >= 11 is 0. The van der Waals surface area contributed by atoms with E-state index in [-0.39, 0.29) is 48.3 Å². The fourth-order valence-corrected chi connectivity index (χ4v) is 4.22. The highest BCUT2D eigenvalue weighted by atomic mass is 16.2. The highest BCUT2D eigenvalue weighted by molar-refractivity contribution is 5.81. The maximum atomic E-state index is 12.9. The van der Waals surface area contributed by atoms with Crippen LogP contribution in [0.1, 0.15) is 46.2 Å². The molecule has 2 saturated heterocycles. The fraction of sp³-hybridized carbons (Fsp3) is 0.579. The van der Waals surface area contributed by atoms with Gasteiger partial charge in [0.25, 0.3) is 0 Å². The zero-order chi connectivity index (χ0) is 18.3. The summed E-state index contributed by atoms with van der Waals surface area (Å²) in [5.41, 5.74) is 1.10. The number of benzene rings is 1. The Morgan fingerprint density at radius 1 is 0.880 bits per heavy atom. The first-order valence-corrected chi connectivity index (χ1v) is 9.05. The minimum absolute atomic E-state index is 0.00215. The lowest BCUT2D eigenvalue weighted by Gasteiger charge is -2.55. The van der Waals surface area contributed by atoms with E-state index in [2.05, 4.69) is 22.8 Å². The molecule has 2 N–H and O–H groups in total. The van der Waals surface area contributed by atoms with Crippen molar-refractivity contribution in [1.29, 1.82) is 0 Å². The summed E-state index contributed by atoms with van der Waals surface area (Å²) in [6.45, 7) is 10.0. The van der Waals surface area contributed by atoms with Crippen LogP contribution in [0.25, 0.3) is 0 Å². The molecule has 1 aromatic rings. The first-order chi connectivity index (χ1) is 11.8. The Morgan fingerprint density at radius 3 is 2.00 bits per heavy atom. The number of carbonyl (C=O) groups excluding carboxylic acids is 2. The lowest BCUT2D eigenvalue weighted by atomic mass is 9.80. The van der Waals surface area contributed by atoms with Gasteiger partial charge in [0, 0.05) is 24.0 Å². The van der Waals surface area contributed by atoms with Crippen molar-refractivity contribution in [3.05, 3.63) is 35.9 Å². The van der Waals surface area contributed by atoms with E-state index < -0.39 is 0 Å². The SMILES string of the molecule is CC(C)N1C(=O)N[C@H]2[C@@H]([C@H](C)NC(=O)N2C(C)C)[C@H]1c1ccccc1. The Hall–Kier alpha value is -2.24. The number of nitrogens with one attached hydrogen (secondary N) is 2. The van der Waals surface area contributed by atoms with Crippen LogP contribution in [0.2, 0.25) is 0 Å². The van der Waals surface area contributed by atoms with E-state index >= 15 is 0 Å². The maximum Gasteiger partial charge on any atom is 0.319 e. The van der Waals surface area contributed by atoms with Crippen LogP contribution in [-0.2, 0) is 0 Å². The molecular formula is C19H28N4O2. The molecule has 4 atom stereocenters. The van der Waals surface area contributed by atoms with Crippen molar-refractivity contribution < 1.29 is 9.59 Å². The third-order valence-corrected chi connectivity index (χ3v) is 5.25. The Kier molecular flexibility index (Phi) is 4.62. The van der Waals surface area contributed by atoms with E-state index in [4.69, 9.17) is 0 Å². The molecule has 0 bridgehead atoms. The average Bonchev–Trinajstić information content (AvgIpc) is 2.53. The highest BCUT2D eigenvalue weighted by Crippen LogP contribution is 2.40. The van der Waals surface area contributed by atoms with E-state index in [1.54, 1.807) is 4.90 Å². The van der Waals surface area contributed by atoms with E-state index in [1.807, 2.05) is 57.7 Å². The molecule has 2 fully saturated rings. The Balaban J connectivity index is 2.10. The molecule has 6 nitrogen and oxygen atoms in total. The monoisotopic (exact) mass is 344 g/mol. The molecule has 0 saturated carbocycles. The first-order valence-electron chi connectivity index (χ1n) is 9.05. The molecule has 136 valence electrons. The van der Waals surface area contributed by atoms with Crippen LogP contribution >= 0.6 is 0 Å². The molecule has 3 rings (SSSR count). The third-order valence-electron chi connectivity index (χ3n) is 5.25. The summed E-state index contributed by atoms with van der Waals surface area (Å²) in [4.78, 5) is 29.1. The molecule has 25 heavy (non-hydrogen) atoms. The quantitative estimate of drug-likeness (QED) is 0.885. The van der Waals surface area contributed by atoms with Crippen molar-refractivity contribution in [2.75, 3.05) is 0 Å².